The predicted octanol–water partition coefficient (Wildman–Crippen LogP) is 2.59. The standard InChI is InChI=1S/C14H20BrNO5/c1-6-20-12(18)14(4,15)10-16-9(8-21-10)7-13(2,3)11(17)19-5/h8H,6-7H2,1-5H3. The molecule has 21 heavy (non-hydrogen) atoms. The van der Waals surface area contributed by atoms with E-state index >= 15 is 0 Å². The van der Waals surface area contributed by atoms with Gasteiger partial charge in [-0.15, -0.1) is 0 Å². The summed E-state index contributed by atoms with van der Waals surface area (Å²) in [6, 6.07) is 0. The van der Waals surface area contributed by atoms with Gasteiger partial charge in [-0.3, -0.25) is 4.79 Å². The van der Waals surface area contributed by atoms with Crippen LogP contribution in [0.3, 0.4) is 0 Å². The minimum absolute atomic E-state index is 0.191. The summed E-state index contributed by atoms with van der Waals surface area (Å²) in [7, 11) is 1.34. The Morgan fingerprint density at radius 1 is 1.33 bits per heavy atom. The van der Waals surface area contributed by atoms with Crippen LogP contribution in [0.2, 0.25) is 0 Å². The third-order valence-electron chi connectivity index (χ3n) is 2.97. The molecule has 0 aliphatic heterocycles. The topological polar surface area (TPSA) is 78.6 Å². The van der Waals surface area contributed by atoms with Gasteiger partial charge in [-0.25, -0.2) is 9.78 Å². The van der Waals surface area contributed by atoms with Crippen molar-refractivity contribution in [3.05, 3.63) is 17.8 Å². The van der Waals surface area contributed by atoms with Crippen LogP contribution >= 0.6 is 15.9 Å². The van der Waals surface area contributed by atoms with Gasteiger partial charge in [0.25, 0.3) is 0 Å². The minimum Gasteiger partial charge on any atom is -0.469 e. The van der Waals surface area contributed by atoms with Gasteiger partial charge in [0.1, 0.15) is 6.26 Å². The van der Waals surface area contributed by atoms with Crippen LogP contribution in [0.25, 0.3) is 0 Å². The van der Waals surface area contributed by atoms with Crippen LogP contribution in [-0.4, -0.2) is 30.6 Å². The Morgan fingerprint density at radius 3 is 2.48 bits per heavy atom. The van der Waals surface area contributed by atoms with Gasteiger partial charge in [0.15, 0.2) is 4.32 Å². The van der Waals surface area contributed by atoms with Gasteiger partial charge >= 0.3 is 11.9 Å². The van der Waals surface area contributed by atoms with E-state index < -0.39 is 15.7 Å². The highest BCUT2D eigenvalue weighted by Gasteiger charge is 2.39. The third kappa shape index (κ3) is 4.06. The molecule has 1 atom stereocenters. The monoisotopic (exact) mass is 361 g/mol. The van der Waals surface area contributed by atoms with Crippen molar-refractivity contribution in [2.75, 3.05) is 13.7 Å². The summed E-state index contributed by atoms with van der Waals surface area (Å²) in [6.07, 6.45) is 1.77. The first-order chi connectivity index (χ1) is 9.65. The molecule has 1 aromatic heterocycles. The van der Waals surface area contributed by atoms with E-state index in [4.69, 9.17) is 13.9 Å². The molecule has 0 radical (unpaired) electrons. The van der Waals surface area contributed by atoms with Crippen LogP contribution in [0, 0.1) is 5.41 Å². The molecule has 0 saturated heterocycles. The van der Waals surface area contributed by atoms with Crippen LogP contribution in [0.1, 0.15) is 39.3 Å². The highest BCUT2D eigenvalue weighted by Crippen LogP contribution is 2.33. The average molecular weight is 362 g/mol. The van der Waals surface area contributed by atoms with Crippen molar-refractivity contribution in [1.82, 2.24) is 4.98 Å². The highest BCUT2D eigenvalue weighted by atomic mass is 79.9. The van der Waals surface area contributed by atoms with Crippen LogP contribution < -0.4 is 0 Å². The molecule has 0 bridgehead atoms. The predicted molar refractivity (Wildman–Crippen MR) is 78.9 cm³/mol. The van der Waals surface area contributed by atoms with Crippen molar-refractivity contribution in [3.63, 3.8) is 0 Å². The Balaban J connectivity index is 2.91. The average Bonchev–Trinajstić information content (AvgIpc) is 2.86. The Kier molecular flexibility index (Phi) is 5.55. The first kappa shape index (κ1) is 17.7. The highest BCUT2D eigenvalue weighted by molar-refractivity contribution is 9.10. The van der Waals surface area contributed by atoms with Crippen LogP contribution in [0.5, 0.6) is 0 Å². The fourth-order valence-electron chi connectivity index (χ4n) is 1.76. The largest absolute Gasteiger partial charge is 0.469 e. The maximum Gasteiger partial charge on any atom is 0.332 e. The normalized spacial score (nSPS) is 14.4. The van der Waals surface area contributed by atoms with Crippen LogP contribution in [-0.2, 0) is 29.8 Å². The molecule has 1 rings (SSSR count). The van der Waals surface area contributed by atoms with E-state index in [0.29, 0.717) is 12.1 Å². The zero-order valence-corrected chi connectivity index (χ0v) is 14.4. The van der Waals surface area contributed by atoms with E-state index in [0.717, 1.165) is 0 Å². The first-order valence-corrected chi connectivity index (χ1v) is 7.34. The number of carbonyl (C=O) groups excluding carboxylic acids is 2. The maximum absolute atomic E-state index is 11.9. The van der Waals surface area contributed by atoms with Gasteiger partial charge in [-0.05, 0) is 27.7 Å². The van der Waals surface area contributed by atoms with Crippen LogP contribution in [0.15, 0.2) is 10.7 Å². The third-order valence-corrected chi connectivity index (χ3v) is 3.64. The number of hydrogen-bond donors (Lipinski definition) is 0. The molecule has 118 valence electrons. The maximum atomic E-state index is 11.9. The first-order valence-electron chi connectivity index (χ1n) is 6.54. The molecule has 0 aliphatic rings. The van der Waals surface area contributed by atoms with Gasteiger partial charge in [0.05, 0.1) is 24.8 Å². The van der Waals surface area contributed by atoms with Crippen molar-refractivity contribution in [1.29, 1.82) is 0 Å². The van der Waals surface area contributed by atoms with Crippen molar-refractivity contribution in [2.24, 2.45) is 5.41 Å². The lowest BCUT2D eigenvalue weighted by molar-refractivity contribution is -0.150. The Hall–Kier alpha value is -1.37. The molecular weight excluding hydrogens is 342 g/mol. The van der Waals surface area contributed by atoms with E-state index in [-0.39, 0.29) is 18.5 Å². The molecule has 1 heterocycles. The number of ether oxygens (including phenoxy) is 2. The molecule has 1 aromatic rings. The molecule has 6 nitrogen and oxygen atoms in total. The van der Waals surface area contributed by atoms with Gasteiger partial charge in [0.2, 0.25) is 5.89 Å². The van der Waals surface area contributed by atoms with Gasteiger partial charge in [0, 0.05) is 6.42 Å². The number of nitrogens with zero attached hydrogens (tertiary/aromatic N) is 1. The van der Waals surface area contributed by atoms with Crippen molar-refractivity contribution in [3.8, 4) is 0 Å². The molecule has 0 aliphatic carbocycles. The number of esters is 2. The molecule has 0 spiro atoms. The van der Waals surface area contributed by atoms with E-state index in [9.17, 15) is 9.59 Å². The molecule has 0 saturated carbocycles. The summed E-state index contributed by atoms with van der Waals surface area (Å²) in [4.78, 5) is 27.8. The summed E-state index contributed by atoms with van der Waals surface area (Å²) < 4.78 is 13.9. The summed E-state index contributed by atoms with van der Waals surface area (Å²) in [5.74, 6) is -0.624. The summed E-state index contributed by atoms with van der Waals surface area (Å²) >= 11 is 3.27. The molecule has 0 N–H and O–H groups in total. The smallest absolute Gasteiger partial charge is 0.332 e. The summed E-state index contributed by atoms with van der Waals surface area (Å²) in [6.45, 7) is 7.10. The number of halogens is 1. The Morgan fingerprint density at radius 2 is 1.95 bits per heavy atom. The minimum atomic E-state index is -1.16. The number of rotatable bonds is 6. The lowest BCUT2D eigenvalue weighted by Crippen LogP contribution is -2.29. The second-order valence-electron chi connectivity index (χ2n) is 5.42. The van der Waals surface area contributed by atoms with E-state index in [2.05, 4.69) is 20.9 Å². The SMILES string of the molecule is CCOC(=O)C(C)(Br)c1nc(CC(C)(C)C(=O)OC)co1. The zero-order chi connectivity index (χ0) is 16.3. The van der Waals surface area contributed by atoms with Crippen LogP contribution in [0.4, 0.5) is 0 Å². The quantitative estimate of drug-likeness (QED) is 0.572. The van der Waals surface area contributed by atoms with E-state index in [1.165, 1.54) is 13.4 Å². The lowest BCUT2D eigenvalue weighted by atomic mass is 9.88. The van der Waals surface area contributed by atoms with Gasteiger partial charge in [-0.1, -0.05) is 15.9 Å². The van der Waals surface area contributed by atoms with E-state index in [1.807, 2.05) is 0 Å². The number of oxazole rings is 1. The zero-order valence-electron chi connectivity index (χ0n) is 12.9. The van der Waals surface area contributed by atoms with Gasteiger partial charge in [-0.2, -0.15) is 0 Å². The molecule has 1 unspecified atom stereocenters. The second kappa shape index (κ2) is 6.60. The van der Waals surface area contributed by atoms with Crippen molar-refractivity contribution in [2.45, 2.75) is 38.4 Å². The lowest BCUT2D eigenvalue weighted by Gasteiger charge is -2.19. The summed E-state index contributed by atoms with van der Waals surface area (Å²) in [5, 5.41) is 0. The van der Waals surface area contributed by atoms with E-state index in [1.54, 1.807) is 27.7 Å². The Labute approximate surface area is 132 Å². The van der Waals surface area contributed by atoms with Gasteiger partial charge < -0.3 is 13.9 Å². The fraction of sp³-hybridized carbons (Fsp3) is 0.643. The number of hydrogen-bond acceptors (Lipinski definition) is 6. The van der Waals surface area contributed by atoms with Crippen molar-refractivity contribution < 1.29 is 23.5 Å². The molecule has 0 fully saturated rings. The van der Waals surface area contributed by atoms with Crippen molar-refractivity contribution >= 4 is 27.9 Å². The number of carbonyl (C=O) groups is 2. The number of aromatic nitrogens is 1. The second-order valence-corrected chi connectivity index (χ2v) is 7.01. The number of methoxy groups -OCH3 is 1. The molecular formula is C14H20BrNO5. The fourth-order valence-corrected chi connectivity index (χ4v) is 2.06. The Bertz CT molecular complexity index is 521. The molecule has 0 amide bonds. The number of alkyl halides is 1. The molecule has 0 aromatic carbocycles. The molecule has 7 heteroatoms. The summed E-state index contributed by atoms with van der Waals surface area (Å²) in [5.41, 5.74) is -0.161.